The van der Waals surface area contributed by atoms with Crippen LogP contribution in [0, 0.1) is 0 Å². The van der Waals surface area contributed by atoms with Gasteiger partial charge < -0.3 is 19.2 Å². The Kier molecular flexibility index (Phi) is 4.44. The molecule has 0 radical (unpaired) electrons. The van der Waals surface area contributed by atoms with Crippen molar-refractivity contribution in [1.82, 2.24) is 0 Å². The minimum atomic E-state index is -0.108. The van der Waals surface area contributed by atoms with Crippen molar-refractivity contribution in [2.24, 2.45) is 4.99 Å². The van der Waals surface area contributed by atoms with Crippen molar-refractivity contribution in [2.45, 2.75) is 6.92 Å². The van der Waals surface area contributed by atoms with Crippen LogP contribution in [0.4, 0.5) is 11.4 Å². The number of hydrogen-bond donors (Lipinski definition) is 1. The van der Waals surface area contributed by atoms with Gasteiger partial charge in [-0.25, -0.2) is 4.99 Å². The molecule has 0 saturated carbocycles. The van der Waals surface area contributed by atoms with Gasteiger partial charge in [0.1, 0.15) is 11.3 Å². The lowest BCUT2D eigenvalue weighted by Crippen LogP contribution is -2.05. The van der Waals surface area contributed by atoms with E-state index in [1.165, 1.54) is 6.92 Å². The highest BCUT2D eigenvalue weighted by Gasteiger charge is 2.15. The summed E-state index contributed by atoms with van der Waals surface area (Å²) in [6, 6.07) is 22.8. The first-order chi connectivity index (χ1) is 14.7. The fraction of sp³-hybridized carbons (Fsp3) is 0.0833. The molecule has 4 aromatic rings. The van der Waals surface area contributed by atoms with Gasteiger partial charge in [0, 0.05) is 29.6 Å². The van der Waals surface area contributed by atoms with Crippen molar-refractivity contribution in [3.63, 3.8) is 0 Å². The molecule has 6 nitrogen and oxygen atoms in total. The molecule has 1 amide bonds. The Morgan fingerprint density at radius 2 is 1.73 bits per heavy atom. The van der Waals surface area contributed by atoms with E-state index in [4.69, 9.17) is 18.9 Å². The van der Waals surface area contributed by atoms with E-state index in [-0.39, 0.29) is 12.7 Å². The third kappa shape index (κ3) is 3.51. The molecular weight excluding hydrogens is 380 g/mol. The van der Waals surface area contributed by atoms with Crippen LogP contribution >= 0.6 is 0 Å². The second kappa shape index (κ2) is 7.40. The molecular formula is C24H18N2O4. The van der Waals surface area contributed by atoms with Crippen LogP contribution in [0.2, 0.25) is 0 Å². The third-order valence-electron chi connectivity index (χ3n) is 4.75. The first kappa shape index (κ1) is 18.0. The second-order valence-corrected chi connectivity index (χ2v) is 6.90. The van der Waals surface area contributed by atoms with Gasteiger partial charge in [0.2, 0.25) is 12.7 Å². The third-order valence-corrected chi connectivity index (χ3v) is 4.75. The minimum Gasteiger partial charge on any atom is -0.456 e. The average molecular weight is 398 g/mol. The van der Waals surface area contributed by atoms with E-state index >= 15 is 0 Å². The zero-order valence-corrected chi connectivity index (χ0v) is 16.2. The number of fused-ring (bicyclic) bond motifs is 2. The van der Waals surface area contributed by atoms with Crippen molar-refractivity contribution in [2.75, 3.05) is 12.1 Å². The summed E-state index contributed by atoms with van der Waals surface area (Å²) in [7, 11) is 0. The summed E-state index contributed by atoms with van der Waals surface area (Å²) >= 11 is 0. The van der Waals surface area contributed by atoms with Gasteiger partial charge in [0.15, 0.2) is 11.5 Å². The number of anilines is 1. The lowest BCUT2D eigenvalue weighted by molar-refractivity contribution is -0.114. The van der Waals surface area contributed by atoms with Gasteiger partial charge in [0.05, 0.1) is 11.0 Å². The lowest BCUT2D eigenvalue weighted by Gasteiger charge is -2.06. The number of benzene rings is 3. The maximum Gasteiger partial charge on any atom is 0.231 e. The van der Waals surface area contributed by atoms with Crippen molar-refractivity contribution in [3.8, 4) is 22.8 Å². The normalized spacial score (nSPS) is 12.9. The van der Waals surface area contributed by atoms with Gasteiger partial charge >= 0.3 is 0 Å². The number of carbonyl (C=O) groups excluding carboxylic acids is 1. The Balaban J connectivity index is 1.62. The van der Waals surface area contributed by atoms with Crippen molar-refractivity contribution >= 4 is 28.3 Å². The smallest absolute Gasteiger partial charge is 0.231 e. The summed E-state index contributed by atoms with van der Waals surface area (Å²) < 4.78 is 17.0. The molecule has 0 fully saturated rings. The lowest BCUT2D eigenvalue weighted by atomic mass is 10.1. The van der Waals surface area contributed by atoms with Gasteiger partial charge in [-0.2, -0.15) is 0 Å². The molecule has 5 rings (SSSR count). The Hall–Kier alpha value is -4.06. The van der Waals surface area contributed by atoms with E-state index in [9.17, 15) is 4.79 Å². The van der Waals surface area contributed by atoms with Crippen LogP contribution in [0.3, 0.4) is 0 Å². The van der Waals surface area contributed by atoms with Crippen LogP contribution in [-0.4, -0.2) is 12.7 Å². The van der Waals surface area contributed by atoms with Gasteiger partial charge in [-0.1, -0.05) is 12.1 Å². The van der Waals surface area contributed by atoms with E-state index in [2.05, 4.69) is 5.32 Å². The number of para-hydroxylation sites is 1. The van der Waals surface area contributed by atoms with E-state index in [0.29, 0.717) is 11.5 Å². The van der Waals surface area contributed by atoms with Gasteiger partial charge in [-0.05, 0) is 54.6 Å². The van der Waals surface area contributed by atoms with Crippen molar-refractivity contribution in [1.29, 1.82) is 0 Å². The predicted octanol–water partition coefficient (Wildman–Crippen LogP) is 5.02. The highest BCUT2D eigenvalue weighted by molar-refractivity contribution is 5.88. The molecule has 0 aliphatic carbocycles. The summed E-state index contributed by atoms with van der Waals surface area (Å²) in [5.41, 5.74) is 3.12. The van der Waals surface area contributed by atoms with Crippen molar-refractivity contribution < 1.29 is 18.7 Å². The fourth-order valence-corrected chi connectivity index (χ4v) is 3.36. The van der Waals surface area contributed by atoms with E-state index < -0.39 is 0 Å². The van der Waals surface area contributed by atoms with Crippen LogP contribution in [0.1, 0.15) is 6.92 Å². The number of ether oxygens (including phenoxy) is 2. The zero-order valence-electron chi connectivity index (χ0n) is 16.2. The van der Waals surface area contributed by atoms with Gasteiger partial charge in [-0.3, -0.25) is 4.79 Å². The van der Waals surface area contributed by atoms with Gasteiger partial charge in [0.25, 0.3) is 0 Å². The Bertz CT molecular complexity index is 1320. The van der Waals surface area contributed by atoms with Crippen LogP contribution in [-0.2, 0) is 4.79 Å². The van der Waals surface area contributed by atoms with Crippen LogP contribution in [0.5, 0.6) is 11.5 Å². The first-order valence-corrected chi connectivity index (χ1v) is 9.51. The molecule has 0 unspecified atom stereocenters. The van der Waals surface area contributed by atoms with E-state index in [1.54, 1.807) is 0 Å². The van der Waals surface area contributed by atoms with Gasteiger partial charge in [-0.15, -0.1) is 0 Å². The quantitative estimate of drug-likeness (QED) is 0.526. The number of nitrogens with one attached hydrogen (secondary N) is 1. The molecule has 1 aliphatic heterocycles. The Morgan fingerprint density at radius 3 is 2.57 bits per heavy atom. The molecule has 1 aliphatic rings. The molecule has 6 heteroatoms. The molecule has 0 spiro atoms. The molecule has 2 heterocycles. The van der Waals surface area contributed by atoms with Crippen LogP contribution < -0.4 is 20.1 Å². The Morgan fingerprint density at radius 1 is 0.933 bits per heavy atom. The number of carbonyl (C=O) groups is 1. The molecule has 1 N–H and O–H groups in total. The molecule has 30 heavy (non-hydrogen) atoms. The summed E-state index contributed by atoms with van der Waals surface area (Å²) in [6.07, 6.45) is 0. The minimum absolute atomic E-state index is 0.108. The summed E-state index contributed by atoms with van der Waals surface area (Å²) in [5.74, 6) is 2.00. The maximum atomic E-state index is 11.2. The van der Waals surface area contributed by atoms with Crippen LogP contribution in [0.25, 0.3) is 22.3 Å². The number of nitrogens with zero attached hydrogens (tertiary/aromatic N) is 1. The molecule has 3 aromatic carbocycles. The SMILES string of the molecule is CC(=O)Nc1ccc(N=c2cc(-c3ccc4c(c3)OCO4)oc3ccccc23)cc1. The highest BCUT2D eigenvalue weighted by atomic mass is 16.7. The summed E-state index contributed by atoms with van der Waals surface area (Å²) in [5, 5.41) is 4.46. The molecule has 0 atom stereocenters. The highest BCUT2D eigenvalue weighted by Crippen LogP contribution is 2.36. The molecule has 0 bridgehead atoms. The largest absolute Gasteiger partial charge is 0.456 e. The first-order valence-electron chi connectivity index (χ1n) is 9.51. The molecule has 1 aromatic heterocycles. The van der Waals surface area contributed by atoms with Crippen LogP contribution in [0.15, 0.2) is 82.2 Å². The van der Waals surface area contributed by atoms with Crippen molar-refractivity contribution in [3.05, 3.63) is 78.2 Å². The monoisotopic (exact) mass is 398 g/mol. The second-order valence-electron chi connectivity index (χ2n) is 6.90. The topological polar surface area (TPSA) is 73.1 Å². The zero-order chi connectivity index (χ0) is 20.5. The molecule has 0 saturated heterocycles. The fourth-order valence-electron chi connectivity index (χ4n) is 3.36. The number of rotatable bonds is 3. The summed E-state index contributed by atoms with van der Waals surface area (Å²) in [4.78, 5) is 16.0. The maximum absolute atomic E-state index is 11.2. The Labute approximate surface area is 172 Å². The average Bonchev–Trinajstić information content (AvgIpc) is 3.22. The predicted molar refractivity (Wildman–Crippen MR) is 114 cm³/mol. The molecule has 148 valence electrons. The summed E-state index contributed by atoms with van der Waals surface area (Å²) in [6.45, 7) is 1.71. The van der Waals surface area contributed by atoms with E-state index in [1.807, 2.05) is 72.8 Å². The van der Waals surface area contributed by atoms with E-state index in [0.717, 1.165) is 39.0 Å². The number of hydrogen-bond acceptors (Lipinski definition) is 5. The standard InChI is InChI=1S/C24H18N2O4/c1-15(27)25-17-7-9-18(10-8-17)26-20-13-23(30-21-5-3-2-4-19(20)21)16-6-11-22-24(12-16)29-14-28-22/h2-13H,14H2,1H3,(H,25,27). The number of amides is 1.